The van der Waals surface area contributed by atoms with E-state index < -0.39 is 5.97 Å². The number of fused-ring (bicyclic) bond motifs is 7. The highest BCUT2D eigenvalue weighted by Gasteiger charge is 2.69. The van der Waals surface area contributed by atoms with Crippen LogP contribution in [0.25, 0.3) is 5.57 Å². The lowest BCUT2D eigenvalue weighted by Crippen LogP contribution is -2.67. The molecular formula is C43H62N4O2S. The Kier molecular flexibility index (Phi) is 10.4. The molecule has 0 bridgehead atoms. The van der Waals surface area contributed by atoms with Gasteiger partial charge in [0.15, 0.2) is 0 Å². The molecule has 1 aromatic heterocycles. The number of nitrogens with zero attached hydrogens (tertiary/aromatic N) is 2. The van der Waals surface area contributed by atoms with Crippen molar-refractivity contribution in [3.63, 3.8) is 0 Å². The molecule has 1 aromatic carbocycles. The third-order valence-corrected chi connectivity index (χ3v) is 15.8. The standard InChI is InChI=1S/C40H56N4O2S.C3H6/c1-36(2)28(26-9-11-27(12-10-26)34(45)46)15-19-37(3)31(36)16-20-39(5)32(37)14-13-29-30-8-7-18-40(30,22-21-38(29,39)4)43-25-24-42-35-41-23-17-33(44-35)47-6;1-3-2/h9-12,15,17,23,29-32,43H,7-8,13-14,16,18-22,24-25H2,1-6H3,(H,45,46)(H,41,42,44);3H,1H2,2H3/t29?,30?,31?,32?,37?,38-,39?,40?;/m1./s1. The Balaban J connectivity index is 0.00000139. The molecule has 7 unspecified atom stereocenters. The number of carboxylic acids is 1. The minimum atomic E-state index is -0.857. The SMILES string of the molecule is C=CC.CSc1ccnc(NCCNC23CCCC2C2CCC4C5(C)CC=C(c6ccc(C(=O)O)cc6)C(C)(C)C5CCC4(C)[C@]2(C)CC3)n1. The van der Waals surface area contributed by atoms with Crippen LogP contribution in [0.3, 0.4) is 0 Å². The van der Waals surface area contributed by atoms with E-state index in [2.05, 4.69) is 74.1 Å². The third-order valence-electron chi connectivity index (χ3n) is 15.1. The first-order valence-corrected chi connectivity index (χ1v) is 20.5. The maximum atomic E-state index is 11.5. The highest BCUT2D eigenvalue weighted by atomic mass is 32.2. The summed E-state index contributed by atoms with van der Waals surface area (Å²) in [5.41, 5.74) is 4.29. The highest BCUT2D eigenvalue weighted by Crippen LogP contribution is 2.76. The van der Waals surface area contributed by atoms with Crippen molar-refractivity contribution in [1.29, 1.82) is 0 Å². The van der Waals surface area contributed by atoms with E-state index in [9.17, 15) is 9.90 Å². The molecule has 5 aliphatic carbocycles. The van der Waals surface area contributed by atoms with Crippen molar-refractivity contribution < 1.29 is 9.90 Å². The number of carboxylic acid groups (broad SMARTS) is 1. The molecule has 0 amide bonds. The van der Waals surface area contributed by atoms with Gasteiger partial charge in [-0.3, -0.25) is 0 Å². The Morgan fingerprint density at radius 3 is 2.38 bits per heavy atom. The average Bonchev–Trinajstić information content (AvgIpc) is 3.51. The fourth-order valence-corrected chi connectivity index (χ4v) is 13.2. The summed E-state index contributed by atoms with van der Waals surface area (Å²) in [7, 11) is 0. The Morgan fingerprint density at radius 2 is 1.68 bits per heavy atom. The van der Waals surface area contributed by atoms with Crippen molar-refractivity contribution in [1.82, 2.24) is 15.3 Å². The van der Waals surface area contributed by atoms with Crippen LogP contribution in [0.1, 0.15) is 122 Å². The Morgan fingerprint density at radius 1 is 0.940 bits per heavy atom. The van der Waals surface area contributed by atoms with Crippen molar-refractivity contribution >= 4 is 29.3 Å². The molecule has 0 radical (unpaired) electrons. The quantitative estimate of drug-likeness (QED) is 0.109. The molecule has 5 aliphatic rings. The number of aromatic nitrogens is 2. The number of nitrogens with one attached hydrogen (secondary N) is 2. The van der Waals surface area contributed by atoms with E-state index in [0.717, 1.165) is 48.2 Å². The van der Waals surface area contributed by atoms with Gasteiger partial charge in [-0.1, -0.05) is 65.3 Å². The minimum Gasteiger partial charge on any atom is -0.478 e. The zero-order valence-corrected chi connectivity index (χ0v) is 32.6. The molecule has 2 aromatic rings. The van der Waals surface area contributed by atoms with Crippen molar-refractivity contribution in [2.24, 2.45) is 45.3 Å². The number of rotatable bonds is 8. The summed E-state index contributed by atoms with van der Waals surface area (Å²) in [4.78, 5) is 20.6. The lowest BCUT2D eigenvalue weighted by molar-refractivity contribution is -0.216. The smallest absolute Gasteiger partial charge is 0.335 e. The maximum Gasteiger partial charge on any atom is 0.335 e. The highest BCUT2D eigenvalue weighted by molar-refractivity contribution is 7.98. The first-order valence-electron chi connectivity index (χ1n) is 19.3. The van der Waals surface area contributed by atoms with Crippen molar-refractivity contribution in [3.05, 3.63) is 66.4 Å². The first kappa shape index (κ1) is 37.1. The molecule has 4 fully saturated rings. The summed E-state index contributed by atoms with van der Waals surface area (Å²) in [5.74, 6) is 2.78. The van der Waals surface area contributed by atoms with Crippen molar-refractivity contribution in [2.45, 2.75) is 116 Å². The van der Waals surface area contributed by atoms with E-state index in [1.807, 2.05) is 31.3 Å². The molecule has 7 heteroatoms. The van der Waals surface area contributed by atoms with Gasteiger partial charge in [0.2, 0.25) is 5.95 Å². The van der Waals surface area contributed by atoms with Gasteiger partial charge in [0, 0.05) is 24.8 Å². The number of benzene rings is 1. The predicted octanol–water partition coefficient (Wildman–Crippen LogP) is 10.4. The summed E-state index contributed by atoms with van der Waals surface area (Å²) in [6, 6.07) is 9.59. The van der Waals surface area contributed by atoms with Crippen LogP contribution in [0.15, 0.2) is 60.3 Å². The summed E-state index contributed by atoms with van der Waals surface area (Å²) in [5, 5.41) is 18.1. The fraction of sp³-hybridized carbons (Fsp3) is 0.651. The number of thioether (sulfide) groups is 1. The number of hydrogen-bond acceptors (Lipinski definition) is 6. The van der Waals surface area contributed by atoms with Crippen LogP contribution in [0.4, 0.5) is 5.95 Å². The van der Waals surface area contributed by atoms with Gasteiger partial charge in [0.05, 0.1) is 5.56 Å². The van der Waals surface area contributed by atoms with Gasteiger partial charge in [-0.2, -0.15) is 0 Å². The summed E-state index contributed by atoms with van der Waals surface area (Å²) < 4.78 is 0. The van der Waals surface area contributed by atoms with Gasteiger partial charge in [-0.25, -0.2) is 14.8 Å². The summed E-state index contributed by atoms with van der Waals surface area (Å²) >= 11 is 1.65. The number of anilines is 1. The number of hydrogen-bond donors (Lipinski definition) is 3. The molecule has 272 valence electrons. The van der Waals surface area contributed by atoms with Crippen LogP contribution in [0.5, 0.6) is 0 Å². The molecule has 7 rings (SSSR count). The van der Waals surface area contributed by atoms with E-state index in [-0.39, 0.29) is 16.4 Å². The molecule has 0 saturated heterocycles. The maximum absolute atomic E-state index is 11.5. The van der Waals surface area contributed by atoms with Gasteiger partial charge >= 0.3 is 5.97 Å². The van der Waals surface area contributed by atoms with E-state index in [1.54, 1.807) is 30.0 Å². The fourth-order valence-electron chi connectivity index (χ4n) is 12.8. The molecule has 6 nitrogen and oxygen atoms in total. The molecule has 4 saturated carbocycles. The number of carbonyl (C=O) groups is 1. The second-order valence-corrected chi connectivity index (χ2v) is 18.3. The average molecular weight is 699 g/mol. The monoisotopic (exact) mass is 698 g/mol. The van der Waals surface area contributed by atoms with Gasteiger partial charge < -0.3 is 15.7 Å². The zero-order chi connectivity index (χ0) is 36.0. The summed E-state index contributed by atoms with van der Waals surface area (Å²) in [6.07, 6.45) is 21.3. The minimum absolute atomic E-state index is 0.0453. The van der Waals surface area contributed by atoms with E-state index in [1.165, 1.54) is 68.9 Å². The normalized spacial score (nSPS) is 36.7. The van der Waals surface area contributed by atoms with Gasteiger partial charge in [0.1, 0.15) is 5.03 Å². The van der Waals surface area contributed by atoms with Crippen LogP contribution in [0, 0.1) is 45.3 Å². The Labute approximate surface area is 306 Å². The predicted molar refractivity (Wildman–Crippen MR) is 209 cm³/mol. The largest absolute Gasteiger partial charge is 0.478 e. The molecular weight excluding hydrogens is 637 g/mol. The van der Waals surface area contributed by atoms with Gasteiger partial charge in [-0.05, 0) is 146 Å². The lowest BCUT2D eigenvalue weighted by Gasteiger charge is -2.72. The molecule has 0 aliphatic heterocycles. The van der Waals surface area contributed by atoms with Crippen LogP contribution in [0.2, 0.25) is 0 Å². The second-order valence-electron chi connectivity index (χ2n) is 17.4. The van der Waals surface area contributed by atoms with Crippen LogP contribution < -0.4 is 10.6 Å². The zero-order valence-electron chi connectivity index (χ0n) is 31.8. The van der Waals surface area contributed by atoms with Crippen LogP contribution in [-0.4, -0.2) is 45.9 Å². The number of aromatic carboxylic acids is 1. The lowest BCUT2D eigenvalue weighted by atomic mass is 9.33. The second kappa shape index (κ2) is 14.1. The molecule has 3 N–H and O–H groups in total. The summed E-state index contributed by atoms with van der Waals surface area (Å²) in [6.45, 7) is 20.1. The Hall–Kier alpha value is -2.64. The first-order chi connectivity index (χ1) is 23.8. The van der Waals surface area contributed by atoms with Crippen molar-refractivity contribution in [3.8, 4) is 0 Å². The molecule has 1 heterocycles. The van der Waals surface area contributed by atoms with Gasteiger partial charge in [0.25, 0.3) is 0 Å². The topological polar surface area (TPSA) is 87.1 Å². The van der Waals surface area contributed by atoms with Gasteiger partial charge in [-0.15, -0.1) is 18.3 Å². The molecule has 50 heavy (non-hydrogen) atoms. The molecule has 0 spiro atoms. The van der Waals surface area contributed by atoms with E-state index in [0.29, 0.717) is 22.3 Å². The Bertz CT molecular complexity index is 1590. The van der Waals surface area contributed by atoms with Crippen LogP contribution >= 0.6 is 11.8 Å². The van der Waals surface area contributed by atoms with E-state index >= 15 is 0 Å². The molecule has 8 atom stereocenters. The van der Waals surface area contributed by atoms with Crippen LogP contribution in [-0.2, 0) is 0 Å². The van der Waals surface area contributed by atoms with Crippen molar-refractivity contribution in [2.75, 3.05) is 24.7 Å². The van der Waals surface area contributed by atoms with E-state index in [4.69, 9.17) is 0 Å². The number of allylic oxidation sites excluding steroid dienone is 3. The third kappa shape index (κ3) is 6.06.